The van der Waals surface area contributed by atoms with E-state index in [2.05, 4.69) is 31.1 Å². The summed E-state index contributed by atoms with van der Waals surface area (Å²) in [6, 6.07) is 14.0. The third-order valence-corrected chi connectivity index (χ3v) is 8.75. The third kappa shape index (κ3) is 7.60. The van der Waals surface area contributed by atoms with Gasteiger partial charge in [0.15, 0.2) is 0 Å². The quantitative estimate of drug-likeness (QED) is 0.117. The fourth-order valence-electron chi connectivity index (χ4n) is 6.31. The molecule has 0 unspecified atom stereocenters. The first-order valence-electron chi connectivity index (χ1n) is 16.9. The Balaban J connectivity index is 1.21. The van der Waals surface area contributed by atoms with Gasteiger partial charge in [-0.1, -0.05) is 36.5 Å². The topological polar surface area (TPSA) is 186 Å². The Kier molecular flexibility index (Phi) is 10.5. The number of ether oxygens (including phenoxy) is 2. The van der Waals surface area contributed by atoms with Gasteiger partial charge >= 0.3 is 12.2 Å². The molecule has 1 aliphatic heterocycles. The summed E-state index contributed by atoms with van der Waals surface area (Å²) in [5.74, 6) is 0.914. The second kappa shape index (κ2) is 15.4. The molecule has 3 aromatic carbocycles. The average Bonchev–Trinajstić information content (AvgIpc) is 3.79. The summed E-state index contributed by atoms with van der Waals surface area (Å²) in [5.41, 5.74) is 6.12. The van der Waals surface area contributed by atoms with Gasteiger partial charge in [-0.05, 0) is 59.2 Å². The second-order valence-corrected chi connectivity index (χ2v) is 12.4. The second-order valence-electron chi connectivity index (χ2n) is 12.4. The molecule has 0 bridgehead atoms. The number of imidazole rings is 2. The molecule has 0 saturated heterocycles. The zero-order valence-corrected chi connectivity index (χ0v) is 29.0. The largest absolute Gasteiger partial charge is 0.488 e. The van der Waals surface area contributed by atoms with E-state index >= 15 is 0 Å². The van der Waals surface area contributed by atoms with Crippen LogP contribution < -0.4 is 10.1 Å². The van der Waals surface area contributed by atoms with Gasteiger partial charge in [0.2, 0.25) is 11.8 Å². The first-order chi connectivity index (χ1) is 25.1. The smallest absolute Gasteiger partial charge is 0.438 e. The summed E-state index contributed by atoms with van der Waals surface area (Å²) in [4.78, 5) is 66.5. The highest BCUT2D eigenvalue weighted by atomic mass is 19.2. The number of carboxylic acid groups (broad SMARTS) is 1. The van der Waals surface area contributed by atoms with Crippen molar-refractivity contribution in [1.82, 2.24) is 40.2 Å². The lowest BCUT2D eigenvalue weighted by Crippen LogP contribution is -2.40. The molecule has 0 aliphatic carbocycles. The lowest BCUT2D eigenvalue weighted by Gasteiger charge is -2.22. The molecule has 16 heteroatoms. The number of nitrogens with zero attached hydrogens (tertiary/aromatic N) is 5. The summed E-state index contributed by atoms with van der Waals surface area (Å²) in [6.45, 7) is 4.25. The molecule has 1 aliphatic rings. The number of benzene rings is 3. The van der Waals surface area contributed by atoms with Gasteiger partial charge in [-0.3, -0.25) is 9.59 Å². The van der Waals surface area contributed by atoms with Gasteiger partial charge in [0.1, 0.15) is 37.1 Å². The van der Waals surface area contributed by atoms with Crippen molar-refractivity contribution in [1.29, 1.82) is 0 Å². The van der Waals surface area contributed by atoms with Crippen LogP contribution in [0.1, 0.15) is 43.9 Å². The van der Waals surface area contributed by atoms with Gasteiger partial charge in [0, 0.05) is 24.0 Å². The minimum Gasteiger partial charge on any atom is -0.488 e. The molecule has 0 fully saturated rings. The highest BCUT2D eigenvalue weighted by Crippen LogP contribution is 2.42. The maximum absolute atomic E-state index is 14.0. The van der Waals surface area contributed by atoms with Crippen LogP contribution in [0, 0.1) is 0 Å². The molecule has 6 rings (SSSR count). The van der Waals surface area contributed by atoms with Crippen LogP contribution in [0.15, 0.2) is 48.7 Å². The first-order valence-corrected chi connectivity index (χ1v) is 16.9. The summed E-state index contributed by atoms with van der Waals surface area (Å²) >= 11 is 0. The van der Waals surface area contributed by atoms with Crippen molar-refractivity contribution < 1.29 is 38.2 Å². The van der Waals surface area contributed by atoms with Crippen LogP contribution in [0.4, 0.5) is 14.1 Å². The molecular formula is C36H39FN8O7. The van der Waals surface area contributed by atoms with E-state index in [1.807, 2.05) is 50.2 Å². The minimum atomic E-state index is -1.25. The minimum absolute atomic E-state index is 0.103. The van der Waals surface area contributed by atoms with Crippen molar-refractivity contribution in [3.63, 3.8) is 0 Å². The van der Waals surface area contributed by atoms with Crippen molar-refractivity contribution in [3.05, 3.63) is 65.9 Å². The van der Waals surface area contributed by atoms with E-state index in [0.29, 0.717) is 55.5 Å². The zero-order chi connectivity index (χ0) is 36.9. The number of aromatic amines is 2. The van der Waals surface area contributed by atoms with Gasteiger partial charge < -0.3 is 39.7 Å². The molecule has 15 nitrogen and oxygen atoms in total. The Hall–Kier alpha value is -6.19. The van der Waals surface area contributed by atoms with Gasteiger partial charge in [-0.15, -0.1) is 5.12 Å². The van der Waals surface area contributed by atoms with E-state index in [1.54, 1.807) is 11.1 Å². The Bertz CT molecular complexity index is 2150. The predicted octanol–water partition coefficient (Wildman–Crippen LogP) is 5.36. The first kappa shape index (κ1) is 35.6. The molecular weight excluding hydrogens is 675 g/mol. The summed E-state index contributed by atoms with van der Waals surface area (Å²) in [7, 11) is 1.04. The molecule has 0 spiro atoms. The Morgan fingerprint density at radius 2 is 1.71 bits per heavy atom. The van der Waals surface area contributed by atoms with Crippen LogP contribution in [0.25, 0.3) is 44.2 Å². The van der Waals surface area contributed by atoms with E-state index < -0.39 is 24.6 Å². The lowest BCUT2D eigenvalue weighted by atomic mass is 9.92. The van der Waals surface area contributed by atoms with Crippen LogP contribution >= 0.6 is 0 Å². The molecule has 0 saturated carbocycles. The number of hydrogen-bond acceptors (Lipinski definition) is 8. The van der Waals surface area contributed by atoms with Crippen LogP contribution in [0.2, 0.25) is 0 Å². The van der Waals surface area contributed by atoms with Crippen LogP contribution in [-0.4, -0.2) is 97.3 Å². The van der Waals surface area contributed by atoms with Gasteiger partial charge in [0.25, 0.3) is 0 Å². The summed E-state index contributed by atoms with van der Waals surface area (Å²) in [6.07, 6.45) is 0.563. The Labute approximate surface area is 297 Å². The number of fused-ring (bicyclic) bond motifs is 6. The molecule has 4 amide bonds. The number of methoxy groups -OCH3 is 1. The predicted molar refractivity (Wildman–Crippen MR) is 189 cm³/mol. The van der Waals surface area contributed by atoms with E-state index in [-0.39, 0.29) is 30.7 Å². The van der Waals surface area contributed by atoms with Gasteiger partial charge in [-0.2, -0.15) is 0 Å². The molecule has 0 atom stereocenters. The molecule has 0 radical (unpaired) electrons. The summed E-state index contributed by atoms with van der Waals surface area (Å²) in [5, 5.41) is 12.6. The summed E-state index contributed by atoms with van der Waals surface area (Å²) < 4.78 is 24.6. The Morgan fingerprint density at radius 1 is 0.962 bits per heavy atom. The average molecular weight is 715 g/mol. The number of nitrogens with one attached hydrogen (secondary N) is 3. The van der Waals surface area contributed by atoms with E-state index in [9.17, 15) is 23.7 Å². The van der Waals surface area contributed by atoms with E-state index in [1.165, 1.54) is 4.90 Å². The fourth-order valence-corrected chi connectivity index (χ4v) is 6.31. The molecule has 5 aromatic rings. The maximum Gasteiger partial charge on any atom is 0.438 e. The van der Waals surface area contributed by atoms with Crippen molar-refractivity contribution in [3.8, 4) is 28.1 Å². The van der Waals surface area contributed by atoms with Gasteiger partial charge in [-0.25, -0.2) is 19.6 Å². The van der Waals surface area contributed by atoms with Gasteiger partial charge in [0.05, 0.1) is 43.1 Å². The molecule has 272 valence electrons. The SMILES string of the molecule is CCCN(Cc1ncc(-c2ccc3c(c2)COc2cc4c(ccc5nc(CN(CCC)C(=O)CN(F)C(=O)OC)[nH]c54)cc2-3)[nH]1)C(=O)CNC(=O)O. The number of amides is 4. The lowest BCUT2D eigenvalue weighted by molar-refractivity contribution is -0.136. The highest BCUT2D eigenvalue weighted by Gasteiger charge is 2.24. The van der Waals surface area contributed by atoms with Crippen LogP contribution in [0.5, 0.6) is 5.75 Å². The number of H-pyrrole nitrogens is 2. The van der Waals surface area contributed by atoms with Crippen molar-refractivity contribution in [2.24, 2.45) is 0 Å². The van der Waals surface area contributed by atoms with Crippen LogP contribution in [0.3, 0.4) is 0 Å². The zero-order valence-electron chi connectivity index (χ0n) is 29.0. The number of carbonyl (C=O) groups excluding carboxylic acids is 3. The van der Waals surface area contributed by atoms with Crippen molar-refractivity contribution in [2.75, 3.05) is 33.3 Å². The monoisotopic (exact) mass is 714 g/mol. The molecule has 4 N–H and O–H groups in total. The molecule has 2 aromatic heterocycles. The number of rotatable bonds is 13. The van der Waals surface area contributed by atoms with E-state index in [0.717, 1.165) is 51.3 Å². The number of carbonyl (C=O) groups is 4. The maximum atomic E-state index is 14.0. The molecule has 3 heterocycles. The normalized spacial score (nSPS) is 11.8. The third-order valence-electron chi connectivity index (χ3n) is 8.75. The van der Waals surface area contributed by atoms with Crippen molar-refractivity contribution in [2.45, 2.75) is 46.4 Å². The van der Waals surface area contributed by atoms with Crippen molar-refractivity contribution >= 4 is 45.8 Å². The van der Waals surface area contributed by atoms with Crippen LogP contribution in [-0.2, 0) is 34.0 Å². The Morgan fingerprint density at radius 3 is 2.44 bits per heavy atom. The number of aromatic nitrogens is 4. The highest BCUT2D eigenvalue weighted by molar-refractivity contribution is 6.07. The number of halogens is 1. The standard InChI is InChI=1S/C36H39FN8O7/c1-4-10-43(32(46)16-39-35(48)49)17-30-38-15-28(41-30)22-6-8-24-23(12-22)20-52-29-14-25-21(13-26(24)29)7-9-27-34(25)42-31(40-27)18-44(11-5-2)33(47)19-45(37)36(50)51-3/h6-9,12-15,39H,4-5,10-11,16-20H2,1-3H3,(H,38,41)(H,40,42)(H,48,49). The van der Waals surface area contributed by atoms with E-state index in [4.69, 9.17) is 14.8 Å². The molecule has 52 heavy (non-hydrogen) atoms. The number of hydrogen-bond donors (Lipinski definition) is 4. The fraction of sp³-hybridized carbons (Fsp3) is 0.333.